The summed E-state index contributed by atoms with van der Waals surface area (Å²) in [5.41, 5.74) is 5.04. The molecule has 0 saturated carbocycles. The first-order chi connectivity index (χ1) is 21.7. The molecule has 0 spiro atoms. The fourth-order valence-corrected chi connectivity index (χ4v) is 7.31. The molecular formula is C34H36N4O5S2. The van der Waals surface area contributed by atoms with E-state index in [9.17, 15) is 14.4 Å². The molecule has 9 nitrogen and oxygen atoms in total. The zero-order valence-electron chi connectivity index (χ0n) is 25.6. The van der Waals surface area contributed by atoms with Crippen LogP contribution in [0.15, 0.2) is 71.9 Å². The molecule has 0 aliphatic heterocycles. The van der Waals surface area contributed by atoms with Crippen LogP contribution >= 0.6 is 22.7 Å². The second kappa shape index (κ2) is 14.2. The molecule has 0 radical (unpaired) electrons. The first kappa shape index (κ1) is 32.1. The third-order valence-corrected chi connectivity index (χ3v) is 9.44. The minimum Gasteiger partial charge on any atom is -0.457 e. The number of carbonyl (C=O) groups is 3. The summed E-state index contributed by atoms with van der Waals surface area (Å²) in [6.07, 6.45) is 0.949. The maximum Gasteiger partial charge on any atom is 0.407 e. The fraction of sp³-hybridized carbons (Fsp3) is 0.324. The van der Waals surface area contributed by atoms with Gasteiger partial charge >= 0.3 is 12.1 Å². The van der Waals surface area contributed by atoms with Crippen molar-refractivity contribution in [2.45, 2.75) is 45.7 Å². The standard InChI is InChI=1S/C34H36N4O5S2/c1-6-15-42-33(40)27-18-45-31(36-27)28(19(2)3)37-30(39)26-17-44-32(35-26)29(20(4)5)38-34(41)43-16-25-23-13-9-7-11-21(23)22-12-8-10-14-24(22)25/h6-14,17-20,25,28-29H,1,15-16H2,2-5H3,(H,37,39)(H,38,41)/t28-,29-/m0/s1. The predicted octanol–water partition coefficient (Wildman–Crippen LogP) is 7.31. The summed E-state index contributed by atoms with van der Waals surface area (Å²) < 4.78 is 10.8. The van der Waals surface area contributed by atoms with Crippen LogP contribution in [0.25, 0.3) is 11.1 Å². The monoisotopic (exact) mass is 644 g/mol. The zero-order chi connectivity index (χ0) is 32.1. The second-order valence-electron chi connectivity index (χ2n) is 11.4. The largest absolute Gasteiger partial charge is 0.457 e. The highest BCUT2D eigenvalue weighted by molar-refractivity contribution is 7.10. The highest BCUT2D eigenvalue weighted by Crippen LogP contribution is 2.44. The van der Waals surface area contributed by atoms with Crippen LogP contribution in [0, 0.1) is 11.8 Å². The van der Waals surface area contributed by atoms with Crippen LogP contribution in [-0.4, -0.2) is 41.2 Å². The number of nitrogens with zero attached hydrogens (tertiary/aromatic N) is 2. The Bertz CT molecular complexity index is 1650. The van der Waals surface area contributed by atoms with Gasteiger partial charge < -0.3 is 20.1 Å². The zero-order valence-corrected chi connectivity index (χ0v) is 27.2. The van der Waals surface area contributed by atoms with Crippen molar-refractivity contribution in [1.29, 1.82) is 0 Å². The molecule has 2 N–H and O–H groups in total. The lowest BCUT2D eigenvalue weighted by Gasteiger charge is -2.21. The molecule has 2 amide bonds. The van der Waals surface area contributed by atoms with Crippen LogP contribution in [0.5, 0.6) is 0 Å². The summed E-state index contributed by atoms with van der Waals surface area (Å²) in [6.45, 7) is 11.7. The van der Waals surface area contributed by atoms with Gasteiger partial charge in [-0.2, -0.15) is 0 Å². The highest BCUT2D eigenvalue weighted by Gasteiger charge is 2.31. The van der Waals surface area contributed by atoms with Crippen molar-refractivity contribution in [2.24, 2.45) is 11.8 Å². The van der Waals surface area contributed by atoms with Crippen molar-refractivity contribution in [3.05, 3.63) is 104 Å². The Morgan fingerprint density at radius 2 is 1.36 bits per heavy atom. The molecular weight excluding hydrogens is 609 g/mol. The Morgan fingerprint density at radius 3 is 1.93 bits per heavy atom. The lowest BCUT2D eigenvalue weighted by atomic mass is 9.98. The first-order valence-corrected chi connectivity index (χ1v) is 16.5. The minimum absolute atomic E-state index is 0.00565. The Morgan fingerprint density at radius 1 is 0.822 bits per heavy atom. The van der Waals surface area contributed by atoms with Crippen molar-refractivity contribution in [2.75, 3.05) is 13.2 Å². The molecule has 4 aromatic rings. The van der Waals surface area contributed by atoms with Crippen molar-refractivity contribution in [1.82, 2.24) is 20.6 Å². The average molecular weight is 645 g/mol. The molecule has 0 bridgehead atoms. The molecule has 1 aliphatic carbocycles. The Kier molecular flexibility index (Phi) is 10.1. The quantitative estimate of drug-likeness (QED) is 0.123. The third-order valence-electron chi connectivity index (χ3n) is 7.59. The number of benzene rings is 2. The first-order valence-electron chi connectivity index (χ1n) is 14.8. The summed E-state index contributed by atoms with van der Waals surface area (Å²) >= 11 is 2.58. The van der Waals surface area contributed by atoms with E-state index in [1.807, 2.05) is 52.0 Å². The minimum atomic E-state index is -0.543. The Balaban J connectivity index is 1.23. The van der Waals surface area contributed by atoms with Crippen LogP contribution in [0.2, 0.25) is 0 Å². The number of carbonyl (C=O) groups excluding carboxylic acids is 3. The van der Waals surface area contributed by atoms with Gasteiger partial charge in [-0.05, 0) is 34.1 Å². The molecule has 2 atom stereocenters. The normalized spacial score (nSPS) is 13.6. The van der Waals surface area contributed by atoms with E-state index >= 15 is 0 Å². The molecule has 2 heterocycles. The van der Waals surface area contributed by atoms with Gasteiger partial charge in [-0.1, -0.05) is 88.9 Å². The number of alkyl carbamates (subject to hydrolysis) is 1. The summed E-state index contributed by atoms with van der Waals surface area (Å²) in [7, 11) is 0. The maximum atomic E-state index is 13.3. The van der Waals surface area contributed by atoms with Crippen LogP contribution in [-0.2, 0) is 9.47 Å². The van der Waals surface area contributed by atoms with Crippen molar-refractivity contribution in [3.63, 3.8) is 0 Å². The molecule has 5 rings (SSSR count). The van der Waals surface area contributed by atoms with Crippen molar-refractivity contribution >= 4 is 40.6 Å². The lowest BCUT2D eigenvalue weighted by Crippen LogP contribution is -2.34. The molecule has 0 unspecified atom stereocenters. The van der Waals surface area contributed by atoms with Gasteiger partial charge in [-0.15, -0.1) is 22.7 Å². The van der Waals surface area contributed by atoms with Gasteiger partial charge in [0.1, 0.15) is 28.9 Å². The number of nitrogens with one attached hydrogen (secondary N) is 2. The van der Waals surface area contributed by atoms with E-state index in [1.54, 1.807) is 10.8 Å². The number of fused-ring (bicyclic) bond motifs is 3. The van der Waals surface area contributed by atoms with Gasteiger partial charge in [0.2, 0.25) is 0 Å². The van der Waals surface area contributed by atoms with Gasteiger partial charge in [0, 0.05) is 16.7 Å². The molecule has 2 aromatic heterocycles. The third kappa shape index (κ3) is 7.15. The number of thiazole rings is 2. The average Bonchev–Trinajstić information content (AvgIpc) is 3.78. The molecule has 2 aromatic carbocycles. The van der Waals surface area contributed by atoms with E-state index < -0.39 is 24.1 Å². The fourth-order valence-electron chi connectivity index (χ4n) is 5.28. The summed E-state index contributed by atoms with van der Waals surface area (Å²) in [5.74, 6) is -0.972. The highest BCUT2D eigenvalue weighted by atomic mass is 32.1. The van der Waals surface area contributed by atoms with E-state index in [2.05, 4.69) is 51.4 Å². The van der Waals surface area contributed by atoms with Crippen LogP contribution in [0.1, 0.15) is 87.8 Å². The number of ether oxygens (including phenoxy) is 2. The van der Waals surface area contributed by atoms with Gasteiger partial charge in [-0.25, -0.2) is 19.6 Å². The maximum absolute atomic E-state index is 13.3. The molecule has 0 saturated heterocycles. The van der Waals surface area contributed by atoms with Gasteiger partial charge in [0.15, 0.2) is 5.69 Å². The smallest absolute Gasteiger partial charge is 0.407 e. The Hall–Kier alpha value is -4.35. The van der Waals surface area contributed by atoms with E-state index in [0.29, 0.717) is 10.0 Å². The number of aromatic nitrogens is 2. The van der Waals surface area contributed by atoms with E-state index in [-0.39, 0.29) is 48.3 Å². The molecule has 234 valence electrons. The van der Waals surface area contributed by atoms with E-state index in [4.69, 9.17) is 9.47 Å². The van der Waals surface area contributed by atoms with Gasteiger partial charge in [-0.3, -0.25) is 4.79 Å². The number of hydrogen-bond acceptors (Lipinski definition) is 9. The Labute approximate surface area is 270 Å². The number of hydrogen-bond donors (Lipinski definition) is 2. The van der Waals surface area contributed by atoms with Crippen molar-refractivity contribution < 1.29 is 23.9 Å². The van der Waals surface area contributed by atoms with Gasteiger partial charge in [0.25, 0.3) is 5.91 Å². The van der Waals surface area contributed by atoms with Crippen molar-refractivity contribution in [3.8, 4) is 11.1 Å². The molecule has 1 aliphatic rings. The van der Waals surface area contributed by atoms with Crippen LogP contribution in [0.3, 0.4) is 0 Å². The predicted molar refractivity (Wildman–Crippen MR) is 176 cm³/mol. The molecule has 0 fully saturated rings. The summed E-state index contributed by atoms with van der Waals surface area (Å²) in [5, 5.41) is 10.5. The SMILES string of the molecule is C=CCOC(=O)c1csc([C@@H](NC(=O)c2csc([C@@H](NC(=O)OCC3c4ccccc4-c4ccccc43)C(C)C)n2)C(C)C)n1. The lowest BCUT2D eigenvalue weighted by molar-refractivity contribution is 0.0543. The van der Waals surface area contributed by atoms with Gasteiger partial charge in [0.05, 0.1) is 12.1 Å². The van der Waals surface area contributed by atoms with E-state index in [0.717, 1.165) is 22.3 Å². The topological polar surface area (TPSA) is 120 Å². The van der Waals surface area contributed by atoms with Crippen LogP contribution in [0.4, 0.5) is 4.79 Å². The number of rotatable bonds is 12. The van der Waals surface area contributed by atoms with E-state index in [1.165, 1.54) is 28.7 Å². The second-order valence-corrected chi connectivity index (χ2v) is 13.2. The summed E-state index contributed by atoms with van der Waals surface area (Å²) in [4.78, 5) is 47.5. The molecule has 11 heteroatoms. The summed E-state index contributed by atoms with van der Waals surface area (Å²) in [6, 6.07) is 15.5. The number of esters is 1. The number of amides is 2. The van der Waals surface area contributed by atoms with Crippen LogP contribution < -0.4 is 10.6 Å². The molecule has 45 heavy (non-hydrogen) atoms.